The van der Waals surface area contributed by atoms with E-state index in [4.69, 9.17) is 17.3 Å². The molecule has 0 spiro atoms. The Labute approximate surface area is 107 Å². The first kappa shape index (κ1) is 11.0. The van der Waals surface area contributed by atoms with Crippen LogP contribution in [0.4, 0.5) is 10.2 Å². The van der Waals surface area contributed by atoms with Crippen molar-refractivity contribution in [2.75, 3.05) is 5.73 Å². The van der Waals surface area contributed by atoms with Crippen LogP contribution < -0.4 is 5.73 Å². The molecule has 0 unspecified atom stereocenters. The number of aromatic nitrogens is 3. The van der Waals surface area contributed by atoms with Gasteiger partial charge in [0.2, 0.25) is 0 Å². The van der Waals surface area contributed by atoms with E-state index in [1.165, 1.54) is 18.2 Å². The van der Waals surface area contributed by atoms with Crippen LogP contribution in [0.2, 0.25) is 5.02 Å². The summed E-state index contributed by atoms with van der Waals surface area (Å²) in [6, 6.07) is 7.69. The molecule has 0 bridgehead atoms. The van der Waals surface area contributed by atoms with Crippen molar-refractivity contribution in [1.82, 2.24) is 15.0 Å². The molecule has 0 saturated heterocycles. The van der Waals surface area contributed by atoms with Crippen LogP contribution in [0.25, 0.3) is 22.6 Å². The summed E-state index contributed by atoms with van der Waals surface area (Å²) in [5.74, 6) is 0.349. The number of aromatic amines is 1. The Hall–Kier alpha value is -2.14. The third kappa shape index (κ3) is 1.78. The molecule has 3 rings (SSSR count). The van der Waals surface area contributed by atoms with E-state index in [-0.39, 0.29) is 0 Å². The number of anilines is 1. The summed E-state index contributed by atoms with van der Waals surface area (Å²) in [5, 5.41) is 0.444. The molecule has 0 fully saturated rings. The minimum absolute atomic E-state index is 0.305. The molecule has 1 aromatic carbocycles. The van der Waals surface area contributed by atoms with Crippen molar-refractivity contribution in [1.29, 1.82) is 0 Å². The summed E-state index contributed by atoms with van der Waals surface area (Å²) in [7, 11) is 0. The van der Waals surface area contributed by atoms with Gasteiger partial charge in [-0.1, -0.05) is 11.6 Å². The quantitative estimate of drug-likeness (QED) is 0.708. The number of pyridine rings is 1. The van der Waals surface area contributed by atoms with Crippen LogP contribution in [0.3, 0.4) is 0 Å². The molecule has 18 heavy (non-hydrogen) atoms. The molecule has 90 valence electrons. The lowest BCUT2D eigenvalue weighted by atomic mass is 10.2. The van der Waals surface area contributed by atoms with E-state index < -0.39 is 5.82 Å². The second kappa shape index (κ2) is 3.96. The highest BCUT2D eigenvalue weighted by Crippen LogP contribution is 2.25. The van der Waals surface area contributed by atoms with Crippen molar-refractivity contribution in [3.63, 3.8) is 0 Å². The second-order valence-corrected chi connectivity index (χ2v) is 4.25. The van der Waals surface area contributed by atoms with E-state index in [1.54, 1.807) is 12.1 Å². The first-order valence-electron chi connectivity index (χ1n) is 5.21. The normalized spacial score (nSPS) is 11.0. The van der Waals surface area contributed by atoms with Gasteiger partial charge in [-0.15, -0.1) is 0 Å². The summed E-state index contributed by atoms with van der Waals surface area (Å²) in [6.45, 7) is 0. The van der Waals surface area contributed by atoms with E-state index in [9.17, 15) is 4.39 Å². The van der Waals surface area contributed by atoms with E-state index in [0.29, 0.717) is 33.4 Å². The zero-order valence-electron chi connectivity index (χ0n) is 9.11. The van der Waals surface area contributed by atoms with E-state index in [2.05, 4.69) is 15.0 Å². The predicted molar refractivity (Wildman–Crippen MR) is 68.7 cm³/mol. The fourth-order valence-corrected chi connectivity index (χ4v) is 1.89. The van der Waals surface area contributed by atoms with Crippen LogP contribution in [0, 0.1) is 5.82 Å². The van der Waals surface area contributed by atoms with Gasteiger partial charge in [-0.3, -0.25) is 0 Å². The lowest BCUT2D eigenvalue weighted by molar-refractivity contribution is 0.630. The van der Waals surface area contributed by atoms with E-state index >= 15 is 0 Å². The van der Waals surface area contributed by atoms with Crippen molar-refractivity contribution >= 4 is 28.6 Å². The molecule has 6 heteroatoms. The van der Waals surface area contributed by atoms with Crippen molar-refractivity contribution in [2.45, 2.75) is 0 Å². The minimum Gasteiger partial charge on any atom is -0.384 e. The number of hydrogen-bond donors (Lipinski definition) is 2. The number of nitrogens with two attached hydrogens (primary N) is 1. The lowest BCUT2D eigenvalue weighted by Gasteiger charge is -1.99. The number of benzene rings is 1. The van der Waals surface area contributed by atoms with Crippen LogP contribution in [0.5, 0.6) is 0 Å². The summed E-state index contributed by atoms with van der Waals surface area (Å²) in [6.07, 6.45) is 0. The fraction of sp³-hybridized carbons (Fsp3) is 0. The summed E-state index contributed by atoms with van der Waals surface area (Å²) < 4.78 is 13.7. The number of rotatable bonds is 1. The van der Waals surface area contributed by atoms with E-state index in [0.717, 1.165) is 0 Å². The van der Waals surface area contributed by atoms with E-state index in [1.807, 2.05) is 0 Å². The zero-order chi connectivity index (χ0) is 12.7. The maximum atomic E-state index is 13.7. The van der Waals surface area contributed by atoms with Crippen LogP contribution >= 0.6 is 11.6 Å². The molecular formula is C12H8ClFN4. The molecule has 0 aliphatic heterocycles. The molecule has 3 N–H and O–H groups in total. The van der Waals surface area contributed by atoms with Gasteiger partial charge in [0, 0.05) is 5.02 Å². The Bertz CT molecular complexity index is 738. The topological polar surface area (TPSA) is 67.6 Å². The van der Waals surface area contributed by atoms with Crippen molar-refractivity contribution < 1.29 is 4.39 Å². The average Bonchev–Trinajstić information content (AvgIpc) is 2.74. The van der Waals surface area contributed by atoms with Crippen LogP contribution in [-0.2, 0) is 0 Å². The highest BCUT2D eigenvalue weighted by atomic mass is 35.5. The number of halogens is 2. The first-order valence-corrected chi connectivity index (χ1v) is 5.59. The number of hydrogen-bond acceptors (Lipinski definition) is 3. The number of nitrogen functional groups attached to an aromatic ring is 1. The van der Waals surface area contributed by atoms with Gasteiger partial charge >= 0.3 is 0 Å². The highest BCUT2D eigenvalue weighted by molar-refractivity contribution is 6.30. The van der Waals surface area contributed by atoms with Gasteiger partial charge in [0.05, 0.1) is 11.1 Å². The molecule has 0 saturated carbocycles. The summed E-state index contributed by atoms with van der Waals surface area (Å²) >= 11 is 5.85. The lowest BCUT2D eigenvalue weighted by Crippen LogP contribution is -1.88. The SMILES string of the molecule is Nc1ccc2[nH]c(-c3cc(Cl)ccc3F)nc2n1. The molecule has 0 atom stereocenters. The summed E-state index contributed by atoms with van der Waals surface area (Å²) in [4.78, 5) is 11.2. The van der Waals surface area contributed by atoms with Crippen molar-refractivity contribution in [2.24, 2.45) is 0 Å². The molecule has 3 aromatic rings. The Morgan fingerprint density at radius 3 is 2.83 bits per heavy atom. The number of nitrogens with one attached hydrogen (secondary N) is 1. The maximum Gasteiger partial charge on any atom is 0.180 e. The van der Waals surface area contributed by atoms with Crippen LogP contribution in [0.15, 0.2) is 30.3 Å². The van der Waals surface area contributed by atoms with Gasteiger partial charge in [-0.25, -0.2) is 14.4 Å². The molecule has 0 aliphatic carbocycles. The standard InChI is InChI=1S/C12H8ClFN4/c13-6-1-2-8(14)7(5-6)11-16-9-3-4-10(15)17-12(9)18-11/h1-5H,(H3,15,16,17,18). The largest absolute Gasteiger partial charge is 0.384 e. The monoisotopic (exact) mass is 262 g/mol. The van der Waals surface area contributed by atoms with Gasteiger partial charge < -0.3 is 10.7 Å². The zero-order valence-corrected chi connectivity index (χ0v) is 9.87. The second-order valence-electron chi connectivity index (χ2n) is 3.82. The van der Waals surface area contributed by atoms with Crippen LogP contribution in [-0.4, -0.2) is 15.0 Å². The molecular weight excluding hydrogens is 255 g/mol. The number of fused-ring (bicyclic) bond motifs is 1. The number of imidazole rings is 1. The first-order chi connectivity index (χ1) is 8.63. The van der Waals surface area contributed by atoms with Gasteiger partial charge in [-0.05, 0) is 30.3 Å². The molecule has 0 radical (unpaired) electrons. The van der Waals surface area contributed by atoms with Crippen molar-refractivity contribution in [3.8, 4) is 11.4 Å². The number of nitrogens with zero attached hydrogens (tertiary/aromatic N) is 2. The average molecular weight is 263 g/mol. The Morgan fingerprint density at radius 1 is 1.17 bits per heavy atom. The molecule has 2 heterocycles. The molecule has 4 nitrogen and oxygen atoms in total. The Kier molecular flexibility index (Phi) is 2.41. The fourth-order valence-electron chi connectivity index (χ4n) is 1.71. The third-order valence-electron chi connectivity index (χ3n) is 2.55. The van der Waals surface area contributed by atoms with Crippen molar-refractivity contribution in [3.05, 3.63) is 41.2 Å². The van der Waals surface area contributed by atoms with Gasteiger partial charge in [0.1, 0.15) is 17.5 Å². The summed E-state index contributed by atoms with van der Waals surface area (Å²) in [5.41, 5.74) is 7.01. The molecule has 2 aromatic heterocycles. The Balaban J connectivity index is 2.22. The predicted octanol–water partition coefficient (Wildman–Crippen LogP) is 3.00. The molecule has 0 amide bonds. The number of H-pyrrole nitrogens is 1. The van der Waals surface area contributed by atoms with Gasteiger partial charge in [0.15, 0.2) is 5.65 Å². The smallest absolute Gasteiger partial charge is 0.180 e. The Morgan fingerprint density at radius 2 is 2.00 bits per heavy atom. The third-order valence-corrected chi connectivity index (χ3v) is 2.79. The van der Waals surface area contributed by atoms with Crippen LogP contribution in [0.1, 0.15) is 0 Å². The van der Waals surface area contributed by atoms with Gasteiger partial charge in [-0.2, -0.15) is 0 Å². The maximum absolute atomic E-state index is 13.7. The molecule has 0 aliphatic rings. The minimum atomic E-state index is -0.397. The van der Waals surface area contributed by atoms with Gasteiger partial charge in [0.25, 0.3) is 0 Å². The highest BCUT2D eigenvalue weighted by Gasteiger charge is 2.11.